The third-order valence-electron chi connectivity index (χ3n) is 3.11. The fourth-order valence-corrected chi connectivity index (χ4v) is 2.25. The molecule has 0 heterocycles. The second-order valence-corrected chi connectivity index (χ2v) is 4.51. The summed E-state index contributed by atoms with van der Waals surface area (Å²) in [6.45, 7) is 6.82. The van der Waals surface area contributed by atoms with E-state index in [1.807, 2.05) is 6.08 Å². The van der Waals surface area contributed by atoms with E-state index in [2.05, 4.69) is 18.8 Å². The summed E-state index contributed by atoms with van der Waals surface area (Å²) >= 11 is 0. The van der Waals surface area contributed by atoms with Crippen molar-refractivity contribution in [3.63, 3.8) is 0 Å². The van der Waals surface area contributed by atoms with E-state index in [9.17, 15) is 5.11 Å². The van der Waals surface area contributed by atoms with Crippen LogP contribution in [0.1, 0.15) is 39.0 Å². The molecule has 14 heavy (non-hydrogen) atoms. The van der Waals surface area contributed by atoms with E-state index in [0.717, 1.165) is 25.3 Å². The molecule has 82 valence electrons. The van der Waals surface area contributed by atoms with Gasteiger partial charge in [0, 0.05) is 12.6 Å². The van der Waals surface area contributed by atoms with Crippen molar-refractivity contribution in [2.24, 2.45) is 5.92 Å². The third-order valence-corrected chi connectivity index (χ3v) is 3.11. The van der Waals surface area contributed by atoms with E-state index < -0.39 is 0 Å². The van der Waals surface area contributed by atoms with Gasteiger partial charge in [0.15, 0.2) is 0 Å². The lowest BCUT2D eigenvalue weighted by Gasteiger charge is -2.27. The summed E-state index contributed by atoms with van der Waals surface area (Å²) in [6.07, 6.45) is 7.50. The Hall–Kier alpha value is -0.340. The van der Waals surface area contributed by atoms with Crippen LogP contribution in [0.4, 0.5) is 0 Å². The fraction of sp³-hybridized carbons (Fsp3) is 0.833. The highest BCUT2D eigenvalue weighted by atomic mass is 16.3. The predicted octanol–water partition coefficient (Wildman–Crippen LogP) is 2.09. The molecule has 0 amide bonds. The average molecular weight is 197 g/mol. The number of aliphatic hydroxyl groups excluding tert-OH is 1. The van der Waals surface area contributed by atoms with Gasteiger partial charge in [0.05, 0.1) is 6.10 Å². The molecule has 0 bridgehead atoms. The van der Waals surface area contributed by atoms with Crippen molar-refractivity contribution in [1.29, 1.82) is 0 Å². The van der Waals surface area contributed by atoms with Crippen LogP contribution in [0.25, 0.3) is 0 Å². The first-order chi connectivity index (χ1) is 6.72. The molecule has 1 fully saturated rings. The molecule has 0 unspecified atom stereocenters. The van der Waals surface area contributed by atoms with Crippen LogP contribution >= 0.6 is 0 Å². The van der Waals surface area contributed by atoms with Gasteiger partial charge in [-0.05, 0) is 44.9 Å². The molecule has 0 aromatic rings. The van der Waals surface area contributed by atoms with E-state index in [1.54, 1.807) is 0 Å². The first-order valence-corrected chi connectivity index (χ1v) is 5.74. The molecule has 0 aromatic heterocycles. The molecule has 2 heteroatoms. The molecule has 0 radical (unpaired) electrons. The third kappa shape index (κ3) is 4.25. The van der Waals surface area contributed by atoms with Crippen molar-refractivity contribution in [2.75, 3.05) is 6.54 Å². The molecule has 1 rings (SSSR count). The zero-order valence-electron chi connectivity index (χ0n) is 9.21. The van der Waals surface area contributed by atoms with Crippen molar-refractivity contribution in [3.05, 3.63) is 12.7 Å². The summed E-state index contributed by atoms with van der Waals surface area (Å²) in [5.74, 6) is 0.811. The summed E-state index contributed by atoms with van der Waals surface area (Å²) < 4.78 is 0. The number of hydrogen-bond acceptors (Lipinski definition) is 2. The van der Waals surface area contributed by atoms with E-state index in [-0.39, 0.29) is 6.10 Å². The van der Waals surface area contributed by atoms with Gasteiger partial charge in [0.1, 0.15) is 0 Å². The van der Waals surface area contributed by atoms with Gasteiger partial charge in [0.2, 0.25) is 0 Å². The minimum atomic E-state index is -0.0253. The fourth-order valence-electron chi connectivity index (χ4n) is 2.25. The van der Waals surface area contributed by atoms with Crippen molar-refractivity contribution in [3.8, 4) is 0 Å². The topological polar surface area (TPSA) is 32.3 Å². The zero-order valence-corrected chi connectivity index (χ0v) is 9.21. The van der Waals surface area contributed by atoms with Gasteiger partial charge in [-0.15, -0.1) is 6.58 Å². The van der Waals surface area contributed by atoms with Gasteiger partial charge in [-0.1, -0.05) is 6.08 Å². The summed E-state index contributed by atoms with van der Waals surface area (Å²) in [6, 6.07) is 0.577. The van der Waals surface area contributed by atoms with Gasteiger partial charge < -0.3 is 10.4 Å². The second-order valence-electron chi connectivity index (χ2n) is 4.51. The molecule has 2 N–H and O–H groups in total. The summed E-state index contributed by atoms with van der Waals surface area (Å²) in [7, 11) is 0. The van der Waals surface area contributed by atoms with Crippen LogP contribution in [0.5, 0.6) is 0 Å². The predicted molar refractivity (Wildman–Crippen MR) is 60.2 cm³/mol. The molecular weight excluding hydrogens is 174 g/mol. The molecule has 1 saturated carbocycles. The Morgan fingerprint density at radius 1 is 1.43 bits per heavy atom. The molecular formula is C12H23NO. The maximum absolute atomic E-state index is 9.37. The summed E-state index contributed by atoms with van der Waals surface area (Å²) in [4.78, 5) is 0. The Morgan fingerprint density at radius 2 is 2.07 bits per heavy atom. The van der Waals surface area contributed by atoms with Gasteiger partial charge in [0.25, 0.3) is 0 Å². The Balaban J connectivity index is 2.13. The smallest absolute Gasteiger partial charge is 0.0540 e. The number of nitrogens with one attached hydrogen (secondary N) is 1. The molecule has 0 aromatic carbocycles. The van der Waals surface area contributed by atoms with E-state index in [4.69, 9.17) is 0 Å². The van der Waals surface area contributed by atoms with Crippen LogP contribution in [0, 0.1) is 5.92 Å². The normalized spacial score (nSPS) is 29.9. The number of rotatable bonds is 5. The standard InChI is InChI=1S/C12H23NO/c1-3-8-13-10(2)9-11-4-6-12(14)7-5-11/h3,10-14H,1,4-9H2,2H3/t10-,11?,12?/m1/s1. The van der Waals surface area contributed by atoms with Crippen molar-refractivity contribution in [1.82, 2.24) is 5.32 Å². The lowest BCUT2D eigenvalue weighted by Crippen LogP contribution is -2.30. The van der Waals surface area contributed by atoms with Crippen molar-refractivity contribution < 1.29 is 5.11 Å². The lowest BCUT2D eigenvalue weighted by atomic mass is 9.84. The summed E-state index contributed by atoms with van der Waals surface area (Å²) in [5, 5.41) is 12.8. The highest BCUT2D eigenvalue weighted by molar-refractivity contribution is 4.78. The SMILES string of the molecule is C=CCN[C@H](C)CC1CCC(O)CC1. The second kappa shape index (κ2) is 6.20. The van der Waals surface area contributed by atoms with Crippen LogP contribution in [0.3, 0.4) is 0 Å². The Morgan fingerprint density at radius 3 is 2.64 bits per heavy atom. The molecule has 0 saturated heterocycles. The minimum Gasteiger partial charge on any atom is -0.393 e. The van der Waals surface area contributed by atoms with Crippen molar-refractivity contribution in [2.45, 2.75) is 51.2 Å². The van der Waals surface area contributed by atoms with Gasteiger partial charge in [-0.25, -0.2) is 0 Å². The molecule has 0 spiro atoms. The van der Waals surface area contributed by atoms with Crippen molar-refractivity contribution >= 4 is 0 Å². The van der Waals surface area contributed by atoms with Crippen LogP contribution in [-0.2, 0) is 0 Å². The highest BCUT2D eigenvalue weighted by Gasteiger charge is 2.20. The zero-order chi connectivity index (χ0) is 10.4. The Kier molecular flexibility index (Phi) is 5.20. The van der Waals surface area contributed by atoms with Gasteiger partial charge in [-0.3, -0.25) is 0 Å². The molecule has 1 aliphatic rings. The molecule has 1 atom stereocenters. The van der Waals surface area contributed by atoms with Crippen LogP contribution in [-0.4, -0.2) is 23.8 Å². The minimum absolute atomic E-state index is 0.0253. The van der Waals surface area contributed by atoms with Crippen LogP contribution < -0.4 is 5.32 Å². The number of aliphatic hydroxyl groups is 1. The maximum atomic E-state index is 9.37. The van der Waals surface area contributed by atoms with Crippen LogP contribution in [0.2, 0.25) is 0 Å². The van der Waals surface area contributed by atoms with E-state index >= 15 is 0 Å². The van der Waals surface area contributed by atoms with Crippen LogP contribution in [0.15, 0.2) is 12.7 Å². The summed E-state index contributed by atoms with van der Waals surface area (Å²) in [5.41, 5.74) is 0. The maximum Gasteiger partial charge on any atom is 0.0540 e. The van der Waals surface area contributed by atoms with Gasteiger partial charge >= 0.3 is 0 Å². The molecule has 2 nitrogen and oxygen atoms in total. The molecule has 0 aliphatic heterocycles. The van der Waals surface area contributed by atoms with Gasteiger partial charge in [-0.2, -0.15) is 0 Å². The van der Waals surface area contributed by atoms with E-state index in [0.29, 0.717) is 6.04 Å². The first kappa shape index (κ1) is 11.7. The number of hydrogen-bond donors (Lipinski definition) is 2. The Labute approximate surface area is 87.4 Å². The Bertz CT molecular complexity index is 162. The first-order valence-electron chi connectivity index (χ1n) is 5.74. The lowest BCUT2D eigenvalue weighted by molar-refractivity contribution is 0.104. The quantitative estimate of drug-likeness (QED) is 0.661. The largest absolute Gasteiger partial charge is 0.393 e. The highest BCUT2D eigenvalue weighted by Crippen LogP contribution is 2.27. The monoisotopic (exact) mass is 197 g/mol. The molecule has 1 aliphatic carbocycles. The van der Waals surface area contributed by atoms with E-state index in [1.165, 1.54) is 19.3 Å². The average Bonchev–Trinajstić information content (AvgIpc) is 2.18.